The van der Waals surface area contributed by atoms with Gasteiger partial charge in [0.2, 0.25) is 11.7 Å². The van der Waals surface area contributed by atoms with Crippen molar-refractivity contribution >= 4 is 35.0 Å². The standard InChI is InChI=1S/C24H25N7O5.C3H3F3O/c25-17-8-15(7-16(9-17)24(34)35)19-11-28-22(29-18-5-6-18)23(33)31(19)12-20(32)27-10-13-1-3-14(4-2-13)21(26)30-36;1-2(7)3(4,5)6/h1-4,7-9,11,18,36H,5-6,10,12,25H2,(H2,26,30)(H,27,32)(H,28,29)(H,34,35);1H3. The van der Waals surface area contributed by atoms with Crippen LogP contribution in [0.1, 0.15) is 41.3 Å². The van der Waals surface area contributed by atoms with Gasteiger partial charge >= 0.3 is 12.1 Å². The highest BCUT2D eigenvalue weighted by atomic mass is 19.4. The fraction of sp³-hybridized carbons (Fsp3) is 0.259. The molecule has 0 aliphatic heterocycles. The summed E-state index contributed by atoms with van der Waals surface area (Å²) in [5, 5.41) is 26.9. The smallest absolute Gasteiger partial charge is 0.449 e. The van der Waals surface area contributed by atoms with Gasteiger partial charge < -0.3 is 32.4 Å². The van der Waals surface area contributed by atoms with E-state index >= 15 is 0 Å². The molecule has 0 spiro atoms. The highest BCUT2D eigenvalue weighted by Gasteiger charge is 2.33. The molecule has 2 aromatic carbocycles. The van der Waals surface area contributed by atoms with Crippen LogP contribution in [0.15, 0.2) is 58.6 Å². The molecule has 43 heavy (non-hydrogen) atoms. The molecule has 0 unspecified atom stereocenters. The third kappa shape index (κ3) is 9.04. The molecule has 3 aromatic rings. The number of nitrogens with one attached hydrogen (secondary N) is 2. The first-order chi connectivity index (χ1) is 20.2. The summed E-state index contributed by atoms with van der Waals surface area (Å²) in [6.07, 6.45) is -1.37. The van der Waals surface area contributed by atoms with Gasteiger partial charge in [-0.15, -0.1) is 0 Å². The van der Waals surface area contributed by atoms with E-state index in [0.717, 1.165) is 18.4 Å². The molecule has 1 saturated carbocycles. The molecule has 13 nitrogen and oxygen atoms in total. The van der Waals surface area contributed by atoms with Gasteiger partial charge in [0, 0.05) is 36.3 Å². The molecule has 1 aromatic heterocycles. The predicted molar refractivity (Wildman–Crippen MR) is 149 cm³/mol. The number of nitrogens with two attached hydrogens (primary N) is 2. The van der Waals surface area contributed by atoms with Crippen molar-refractivity contribution in [2.45, 2.75) is 45.1 Å². The molecule has 1 aliphatic rings. The first-order valence-corrected chi connectivity index (χ1v) is 12.6. The van der Waals surface area contributed by atoms with Gasteiger partial charge in [0.15, 0.2) is 11.7 Å². The Kier molecular flexibility index (Phi) is 10.1. The number of carbonyl (C=O) groups is 3. The number of alkyl halides is 3. The molecule has 4 rings (SSSR count). The lowest BCUT2D eigenvalue weighted by atomic mass is 10.1. The molecule has 1 heterocycles. The van der Waals surface area contributed by atoms with Gasteiger partial charge in [0.25, 0.3) is 5.56 Å². The number of amidine groups is 1. The summed E-state index contributed by atoms with van der Waals surface area (Å²) < 4.78 is 33.7. The first kappa shape index (κ1) is 32.1. The third-order valence-corrected chi connectivity index (χ3v) is 6.02. The molecule has 1 amide bonds. The second-order valence-corrected chi connectivity index (χ2v) is 9.46. The largest absolute Gasteiger partial charge is 0.478 e. The topological polar surface area (TPSA) is 215 Å². The van der Waals surface area contributed by atoms with E-state index in [-0.39, 0.29) is 47.7 Å². The van der Waals surface area contributed by atoms with Crippen molar-refractivity contribution in [1.82, 2.24) is 14.9 Å². The van der Waals surface area contributed by atoms with Crippen LogP contribution in [-0.4, -0.2) is 55.6 Å². The van der Waals surface area contributed by atoms with E-state index in [9.17, 15) is 37.5 Å². The lowest BCUT2D eigenvalue weighted by Crippen LogP contribution is -2.34. The number of hydrogen-bond donors (Lipinski definition) is 6. The van der Waals surface area contributed by atoms with E-state index in [4.69, 9.17) is 16.7 Å². The van der Waals surface area contributed by atoms with Crippen LogP contribution >= 0.6 is 0 Å². The van der Waals surface area contributed by atoms with Crippen molar-refractivity contribution in [3.05, 3.63) is 75.7 Å². The Labute approximate surface area is 242 Å². The van der Waals surface area contributed by atoms with Crippen molar-refractivity contribution in [3.8, 4) is 11.3 Å². The highest BCUT2D eigenvalue weighted by Crippen LogP contribution is 2.25. The summed E-state index contributed by atoms with van der Waals surface area (Å²) in [6.45, 7) is 0.342. The number of carboxylic acid groups (broad SMARTS) is 1. The maximum atomic E-state index is 13.2. The van der Waals surface area contributed by atoms with Gasteiger partial charge in [-0.25, -0.2) is 9.78 Å². The van der Waals surface area contributed by atoms with E-state index in [1.165, 1.54) is 29.0 Å². The molecular formula is C27H28F3N7O6. The summed E-state index contributed by atoms with van der Waals surface area (Å²) in [7, 11) is 0. The van der Waals surface area contributed by atoms with Crippen LogP contribution in [0.4, 0.5) is 24.7 Å². The van der Waals surface area contributed by atoms with Crippen LogP contribution in [-0.2, 0) is 22.7 Å². The zero-order chi connectivity index (χ0) is 31.9. The molecule has 0 bridgehead atoms. The van der Waals surface area contributed by atoms with Crippen LogP contribution < -0.4 is 27.7 Å². The van der Waals surface area contributed by atoms with E-state index < -0.39 is 29.4 Å². The van der Waals surface area contributed by atoms with Gasteiger partial charge in [-0.3, -0.25) is 19.0 Å². The molecular weight excluding hydrogens is 575 g/mol. The van der Waals surface area contributed by atoms with E-state index in [1.54, 1.807) is 24.3 Å². The Morgan fingerprint density at radius 3 is 2.28 bits per heavy atom. The average Bonchev–Trinajstić information content (AvgIpc) is 3.77. The van der Waals surface area contributed by atoms with Gasteiger partial charge in [0.05, 0.1) is 17.5 Å². The van der Waals surface area contributed by atoms with Crippen molar-refractivity contribution in [2.75, 3.05) is 11.1 Å². The number of carboxylic acids is 1. The number of halogens is 3. The summed E-state index contributed by atoms with van der Waals surface area (Å²) in [5.74, 6) is -3.28. The second-order valence-electron chi connectivity index (χ2n) is 9.46. The van der Waals surface area contributed by atoms with Gasteiger partial charge in [-0.2, -0.15) is 13.2 Å². The summed E-state index contributed by atoms with van der Waals surface area (Å²) in [4.78, 5) is 51.1. The Balaban J connectivity index is 0.000000646. The van der Waals surface area contributed by atoms with Gasteiger partial charge in [-0.1, -0.05) is 29.4 Å². The van der Waals surface area contributed by atoms with Crippen molar-refractivity contribution in [2.24, 2.45) is 10.9 Å². The molecule has 0 saturated heterocycles. The average molecular weight is 604 g/mol. The normalized spacial score (nSPS) is 13.0. The number of Topliss-reactive ketones (excluding diaryl/α,β-unsaturated/α-hetero) is 1. The monoisotopic (exact) mass is 603 g/mol. The quantitative estimate of drug-likeness (QED) is 0.0690. The number of nitrogen functional groups attached to an aromatic ring is 1. The number of benzene rings is 2. The number of amides is 1. The maximum absolute atomic E-state index is 13.2. The molecule has 16 heteroatoms. The fourth-order valence-electron chi connectivity index (χ4n) is 3.57. The number of hydrogen-bond acceptors (Lipinski definition) is 9. The van der Waals surface area contributed by atoms with Gasteiger partial charge in [-0.05, 0) is 36.6 Å². The molecule has 228 valence electrons. The molecule has 8 N–H and O–H groups in total. The first-order valence-electron chi connectivity index (χ1n) is 12.6. The van der Waals surface area contributed by atoms with E-state index in [2.05, 4.69) is 20.8 Å². The minimum absolute atomic E-state index is 0.0293. The van der Waals surface area contributed by atoms with Crippen molar-refractivity contribution in [1.29, 1.82) is 0 Å². The zero-order valence-corrected chi connectivity index (χ0v) is 22.7. The number of oxime groups is 1. The number of anilines is 2. The third-order valence-electron chi connectivity index (χ3n) is 6.02. The molecule has 1 fully saturated rings. The molecule has 1 aliphatic carbocycles. The number of aromatic carboxylic acids is 1. The second kappa shape index (κ2) is 13.5. The van der Waals surface area contributed by atoms with E-state index in [0.29, 0.717) is 18.1 Å². The van der Waals surface area contributed by atoms with Crippen molar-refractivity contribution in [3.63, 3.8) is 0 Å². The number of ketones is 1. The van der Waals surface area contributed by atoms with Crippen LogP contribution in [0.25, 0.3) is 11.3 Å². The number of aromatic nitrogens is 2. The molecule has 0 atom stereocenters. The van der Waals surface area contributed by atoms with E-state index in [1.807, 2.05) is 0 Å². The lowest BCUT2D eigenvalue weighted by molar-refractivity contribution is -0.168. The highest BCUT2D eigenvalue weighted by molar-refractivity contribution is 5.97. The Morgan fingerprint density at radius 2 is 1.74 bits per heavy atom. The minimum Gasteiger partial charge on any atom is -0.478 e. The molecule has 0 radical (unpaired) electrons. The lowest BCUT2D eigenvalue weighted by Gasteiger charge is -2.16. The summed E-state index contributed by atoms with van der Waals surface area (Å²) in [5.41, 5.74) is 13.0. The summed E-state index contributed by atoms with van der Waals surface area (Å²) >= 11 is 0. The maximum Gasteiger partial charge on any atom is 0.449 e. The van der Waals surface area contributed by atoms with Crippen LogP contribution in [0.2, 0.25) is 0 Å². The van der Waals surface area contributed by atoms with Crippen molar-refractivity contribution < 1.29 is 37.9 Å². The minimum atomic E-state index is -4.64. The SMILES string of the molecule is CC(=O)C(F)(F)F.N/C(=N/O)c1ccc(CNC(=O)Cn2c(-c3cc(N)cc(C(=O)O)c3)cnc(NC3CC3)c2=O)cc1. The van der Waals surface area contributed by atoms with Crippen LogP contribution in [0.5, 0.6) is 0 Å². The zero-order valence-electron chi connectivity index (χ0n) is 22.7. The van der Waals surface area contributed by atoms with Crippen LogP contribution in [0.3, 0.4) is 0 Å². The predicted octanol–water partition coefficient (Wildman–Crippen LogP) is 2.31. The summed E-state index contributed by atoms with van der Waals surface area (Å²) in [6, 6.07) is 11.1. The number of carbonyl (C=O) groups excluding carboxylic acids is 2. The van der Waals surface area contributed by atoms with Gasteiger partial charge in [0.1, 0.15) is 6.54 Å². The Bertz CT molecular complexity index is 1600. The number of rotatable bonds is 9. The van der Waals surface area contributed by atoms with Crippen LogP contribution in [0, 0.1) is 0 Å². The fourth-order valence-corrected chi connectivity index (χ4v) is 3.57. The Morgan fingerprint density at radius 1 is 1.12 bits per heavy atom. The number of nitrogens with zero attached hydrogens (tertiary/aromatic N) is 3. The Hall–Kier alpha value is -5.41.